The van der Waals surface area contributed by atoms with Gasteiger partial charge in [-0.25, -0.2) is 4.79 Å². The van der Waals surface area contributed by atoms with E-state index in [4.69, 9.17) is 9.52 Å². The molecule has 0 aliphatic carbocycles. The van der Waals surface area contributed by atoms with Gasteiger partial charge < -0.3 is 19.7 Å². The molecule has 0 radical (unpaired) electrons. The van der Waals surface area contributed by atoms with Gasteiger partial charge in [0.1, 0.15) is 5.76 Å². The van der Waals surface area contributed by atoms with Crippen molar-refractivity contribution in [3.05, 3.63) is 53.5 Å². The number of aromatic carboxylic acids is 1. The average molecular weight is 286 g/mol. The lowest BCUT2D eigenvalue weighted by atomic mass is 10.1. The number of hydrogen-bond donors (Lipinski definition) is 2. The number of carbonyl (C=O) groups is 1. The Bertz CT molecular complexity index is 650. The summed E-state index contributed by atoms with van der Waals surface area (Å²) < 4.78 is 5.38. The summed E-state index contributed by atoms with van der Waals surface area (Å²) in [6.07, 6.45) is 0. The summed E-state index contributed by atoms with van der Waals surface area (Å²) in [7, 11) is 0. The number of carboxylic acids is 1. The molecule has 1 unspecified atom stereocenters. The predicted molar refractivity (Wildman–Crippen MR) is 79.5 cm³/mol. The van der Waals surface area contributed by atoms with Gasteiger partial charge in [0.2, 0.25) is 5.76 Å². The predicted octanol–water partition coefficient (Wildman–Crippen LogP) is 2.48. The molecule has 21 heavy (non-hydrogen) atoms. The van der Waals surface area contributed by atoms with Crippen LogP contribution in [0.4, 0.5) is 5.69 Å². The van der Waals surface area contributed by atoms with Gasteiger partial charge in [0.15, 0.2) is 0 Å². The molecule has 1 aliphatic heterocycles. The second kappa shape index (κ2) is 5.61. The van der Waals surface area contributed by atoms with E-state index in [1.807, 2.05) is 12.1 Å². The molecule has 1 aliphatic rings. The van der Waals surface area contributed by atoms with Crippen LogP contribution in [0, 0.1) is 0 Å². The van der Waals surface area contributed by atoms with Crippen LogP contribution < -0.4 is 10.2 Å². The largest absolute Gasteiger partial charge is 0.475 e. The fourth-order valence-electron chi connectivity index (χ4n) is 2.66. The maximum absolute atomic E-state index is 10.9. The minimum atomic E-state index is -1.03. The van der Waals surface area contributed by atoms with Crippen LogP contribution in [0.5, 0.6) is 0 Å². The monoisotopic (exact) mass is 286 g/mol. The number of anilines is 1. The molecule has 1 atom stereocenters. The molecule has 5 heteroatoms. The van der Waals surface area contributed by atoms with Crippen molar-refractivity contribution in [1.29, 1.82) is 0 Å². The Morgan fingerprint density at radius 2 is 2.19 bits per heavy atom. The Balaban J connectivity index is 1.87. The number of para-hydroxylation sites is 1. The van der Waals surface area contributed by atoms with E-state index in [0.717, 1.165) is 13.1 Å². The molecule has 2 N–H and O–H groups in total. The third kappa shape index (κ3) is 2.92. The molecule has 0 spiro atoms. The lowest BCUT2D eigenvalue weighted by Gasteiger charge is -2.25. The standard InChI is InChI=1S/C16H18N2O3/c1-11-9-18(10-13-6-7-15(21-13)16(19)20)14-5-3-2-4-12(14)8-17-11/h2-7,11,17H,8-10H2,1H3,(H,19,20). The first-order valence-corrected chi connectivity index (χ1v) is 7.02. The van der Waals surface area contributed by atoms with Gasteiger partial charge in [-0.15, -0.1) is 0 Å². The Morgan fingerprint density at radius 1 is 1.38 bits per heavy atom. The van der Waals surface area contributed by atoms with Crippen molar-refractivity contribution in [2.75, 3.05) is 11.4 Å². The molecule has 0 fully saturated rings. The zero-order chi connectivity index (χ0) is 14.8. The van der Waals surface area contributed by atoms with E-state index in [-0.39, 0.29) is 5.76 Å². The van der Waals surface area contributed by atoms with E-state index in [2.05, 4.69) is 29.3 Å². The van der Waals surface area contributed by atoms with Gasteiger partial charge in [-0.1, -0.05) is 18.2 Å². The van der Waals surface area contributed by atoms with Gasteiger partial charge in [0.25, 0.3) is 0 Å². The van der Waals surface area contributed by atoms with Crippen LogP contribution in [0.1, 0.15) is 28.8 Å². The highest BCUT2D eigenvalue weighted by Gasteiger charge is 2.20. The van der Waals surface area contributed by atoms with Gasteiger partial charge in [-0.05, 0) is 30.7 Å². The normalized spacial score (nSPS) is 18.1. The number of furan rings is 1. The summed E-state index contributed by atoms with van der Waals surface area (Å²) in [5.41, 5.74) is 2.41. The van der Waals surface area contributed by atoms with Gasteiger partial charge >= 0.3 is 5.97 Å². The molecule has 0 bridgehead atoms. The second-order valence-corrected chi connectivity index (χ2v) is 5.36. The maximum atomic E-state index is 10.9. The highest BCUT2D eigenvalue weighted by Crippen LogP contribution is 2.25. The smallest absolute Gasteiger partial charge is 0.371 e. The first-order valence-electron chi connectivity index (χ1n) is 7.02. The average Bonchev–Trinajstić information content (AvgIpc) is 2.87. The Morgan fingerprint density at radius 3 is 2.95 bits per heavy atom. The number of carboxylic acid groups (broad SMARTS) is 1. The number of nitrogens with one attached hydrogen (secondary N) is 1. The SMILES string of the molecule is CC1CN(Cc2ccc(C(=O)O)o2)c2ccccc2CN1. The number of benzene rings is 1. The fourth-order valence-corrected chi connectivity index (χ4v) is 2.66. The van der Waals surface area contributed by atoms with Crippen LogP contribution in [0.25, 0.3) is 0 Å². The third-order valence-electron chi connectivity index (χ3n) is 3.69. The van der Waals surface area contributed by atoms with Crippen LogP contribution in [0.2, 0.25) is 0 Å². The molecule has 5 nitrogen and oxygen atoms in total. The molecule has 0 saturated heterocycles. The number of nitrogens with zero attached hydrogens (tertiary/aromatic N) is 1. The Hall–Kier alpha value is -2.27. The first kappa shape index (κ1) is 13.7. The molecular formula is C16H18N2O3. The summed E-state index contributed by atoms with van der Waals surface area (Å²) >= 11 is 0. The summed E-state index contributed by atoms with van der Waals surface area (Å²) in [6.45, 7) is 4.40. The van der Waals surface area contributed by atoms with Crippen molar-refractivity contribution in [1.82, 2.24) is 5.32 Å². The van der Waals surface area contributed by atoms with Gasteiger partial charge in [0, 0.05) is 24.8 Å². The topological polar surface area (TPSA) is 65.7 Å². The summed E-state index contributed by atoms with van der Waals surface area (Å²) in [5.74, 6) is -0.386. The van der Waals surface area contributed by atoms with Crippen molar-refractivity contribution in [2.45, 2.75) is 26.1 Å². The molecule has 2 aromatic rings. The van der Waals surface area contributed by atoms with Crippen LogP contribution in [-0.4, -0.2) is 23.7 Å². The van der Waals surface area contributed by atoms with Crippen LogP contribution in [-0.2, 0) is 13.1 Å². The first-order chi connectivity index (χ1) is 10.1. The van der Waals surface area contributed by atoms with E-state index in [0.29, 0.717) is 18.3 Å². The van der Waals surface area contributed by atoms with Gasteiger partial charge in [-0.2, -0.15) is 0 Å². The summed E-state index contributed by atoms with van der Waals surface area (Å²) in [4.78, 5) is 13.1. The van der Waals surface area contributed by atoms with Gasteiger partial charge in [-0.3, -0.25) is 0 Å². The number of rotatable bonds is 3. The quantitative estimate of drug-likeness (QED) is 0.907. The van der Waals surface area contributed by atoms with E-state index >= 15 is 0 Å². The van der Waals surface area contributed by atoms with Crippen molar-refractivity contribution in [3.63, 3.8) is 0 Å². The van der Waals surface area contributed by atoms with Crippen molar-refractivity contribution in [3.8, 4) is 0 Å². The Labute approximate surface area is 123 Å². The number of hydrogen-bond acceptors (Lipinski definition) is 4. The minimum Gasteiger partial charge on any atom is -0.475 e. The minimum absolute atomic E-state index is 0.0146. The molecular weight excluding hydrogens is 268 g/mol. The van der Waals surface area contributed by atoms with E-state index in [9.17, 15) is 4.79 Å². The summed E-state index contributed by atoms with van der Waals surface area (Å²) in [5, 5.41) is 12.4. The molecule has 1 aromatic carbocycles. The van der Waals surface area contributed by atoms with E-state index in [1.54, 1.807) is 6.07 Å². The van der Waals surface area contributed by atoms with Crippen molar-refractivity contribution >= 4 is 11.7 Å². The highest BCUT2D eigenvalue weighted by molar-refractivity contribution is 5.84. The summed E-state index contributed by atoms with van der Waals surface area (Å²) in [6, 6.07) is 11.8. The molecule has 0 amide bonds. The van der Waals surface area contributed by atoms with Crippen LogP contribution in [0.3, 0.4) is 0 Å². The lowest BCUT2D eigenvalue weighted by Crippen LogP contribution is -2.35. The zero-order valence-corrected chi connectivity index (χ0v) is 11.9. The number of fused-ring (bicyclic) bond motifs is 1. The zero-order valence-electron chi connectivity index (χ0n) is 11.9. The molecule has 3 rings (SSSR count). The van der Waals surface area contributed by atoms with Crippen molar-refractivity contribution < 1.29 is 14.3 Å². The Kier molecular flexibility index (Phi) is 3.66. The second-order valence-electron chi connectivity index (χ2n) is 5.36. The fraction of sp³-hybridized carbons (Fsp3) is 0.312. The molecule has 2 heterocycles. The molecule has 0 saturated carbocycles. The third-order valence-corrected chi connectivity index (χ3v) is 3.69. The van der Waals surface area contributed by atoms with Crippen LogP contribution in [0.15, 0.2) is 40.8 Å². The highest BCUT2D eigenvalue weighted by atomic mass is 16.4. The van der Waals surface area contributed by atoms with E-state index < -0.39 is 5.97 Å². The maximum Gasteiger partial charge on any atom is 0.371 e. The molecule has 1 aromatic heterocycles. The van der Waals surface area contributed by atoms with E-state index in [1.165, 1.54) is 17.3 Å². The van der Waals surface area contributed by atoms with Crippen LogP contribution >= 0.6 is 0 Å². The van der Waals surface area contributed by atoms with Gasteiger partial charge in [0.05, 0.1) is 6.54 Å². The van der Waals surface area contributed by atoms with Crippen molar-refractivity contribution in [2.24, 2.45) is 0 Å². The lowest BCUT2D eigenvalue weighted by molar-refractivity contribution is 0.0660. The molecule has 110 valence electrons.